The van der Waals surface area contributed by atoms with Crippen LogP contribution in [0.4, 0.5) is 0 Å². The van der Waals surface area contributed by atoms with Gasteiger partial charge in [-0.2, -0.15) is 6.42 Å². The minimum absolute atomic E-state index is 0. The summed E-state index contributed by atoms with van der Waals surface area (Å²) in [7, 11) is 0. The molecule has 0 aliphatic heterocycles. The molecule has 0 bridgehead atoms. The molecule has 0 atom stereocenters. The first-order valence-electron chi connectivity index (χ1n) is 7.86. The van der Waals surface area contributed by atoms with Crippen LogP contribution in [0, 0.1) is 6.92 Å². The molecule has 0 aromatic heterocycles. The fourth-order valence-corrected chi connectivity index (χ4v) is 2.06. The molecule has 0 spiro atoms. The molecule has 19 heavy (non-hydrogen) atoms. The number of hydrogen-bond acceptors (Lipinski definition) is 0. The Balaban J connectivity index is -0.00000128. The Morgan fingerprint density at radius 2 is 1.11 bits per heavy atom. The van der Waals surface area contributed by atoms with Gasteiger partial charge in [0.2, 0.25) is 0 Å². The van der Waals surface area contributed by atoms with Crippen LogP contribution >= 0.6 is 0 Å². The Morgan fingerprint density at radius 1 is 0.684 bits per heavy atom. The second-order valence-corrected chi connectivity index (χ2v) is 5.08. The topological polar surface area (TPSA) is 0 Å². The van der Waals surface area contributed by atoms with Gasteiger partial charge in [0.1, 0.15) is 0 Å². The summed E-state index contributed by atoms with van der Waals surface area (Å²) in [6, 6.07) is 0. The molecule has 0 aromatic carbocycles. The van der Waals surface area contributed by atoms with Crippen LogP contribution in [0.1, 0.15) is 90.4 Å². The zero-order chi connectivity index (χ0) is 12.6. The Morgan fingerprint density at radius 3 is 1.58 bits per heavy atom. The number of rotatable bonds is 13. The molecule has 0 aliphatic carbocycles. The fraction of sp³-hybridized carbons (Fsp3) is 0.824. The third-order valence-corrected chi connectivity index (χ3v) is 3.26. The van der Waals surface area contributed by atoms with Gasteiger partial charge < -0.3 is 23.9 Å². The quantitative estimate of drug-likeness (QED) is 0.209. The standard InChI is InChI=1S/C17H33.BrH.Mg/c1-3-5-7-9-11-13-15-17-16-14-12-10-8-6-4-2;;/h10,12H,1,3-9,11,13-17H2,2H3;1H;/q-1;;+2/p-1/b12-10-;;. The molecule has 0 radical (unpaired) electrons. The van der Waals surface area contributed by atoms with Crippen LogP contribution in [0.15, 0.2) is 12.2 Å². The summed E-state index contributed by atoms with van der Waals surface area (Å²) in [6.45, 7) is 6.13. The molecule has 0 aromatic rings. The van der Waals surface area contributed by atoms with E-state index in [9.17, 15) is 0 Å². The largest absolute Gasteiger partial charge is 2.00 e. The molecular formula is C17H33BrMg. The average molecular weight is 342 g/mol. The second kappa shape index (κ2) is 24.0. The maximum atomic E-state index is 3.87. The minimum atomic E-state index is 0. The van der Waals surface area contributed by atoms with Gasteiger partial charge in [-0.15, -0.1) is 0 Å². The second-order valence-electron chi connectivity index (χ2n) is 5.08. The zero-order valence-electron chi connectivity index (χ0n) is 13.1. The number of halogens is 1. The van der Waals surface area contributed by atoms with Crippen LogP contribution in [-0.4, -0.2) is 23.1 Å². The van der Waals surface area contributed by atoms with E-state index in [4.69, 9.17) is 0 Å². The monoisotopic (exact) mass is 340 g/mol. The molecular weight excluding hydrogens is 308 g/mol. The number of unbranched alkanes of at least 4 members (excludes halogenated alkanes) is 11. The van der Waals surface area contributed by atoms with Crippen LogP contribution < -0.4 is 17.0 Å². The molecule has 0 saturated carbocycles. The van der Waals surface area contributed by atoms with Gasteiger partial charge in [-0.05, 0) is 19.3 Å². The first-order valence-corrected chi connectivity index (χ1v) is 7.86. The van der Waals surface area contributed by atoms with Crippen molar-refractivity contribution < 1.29 is 17.0 Å². The van der Waals surface area contributed by atoms with Gasteiger partial charge in [-0.25, -0.2) is 0 Å². The summed E-state index contributed by atoms with van der Waals surface area (Å²) in [6.07, 6.45) is 22.4. The molecule has 2 heteroatoms. The molecule has 0 nitrogen and oxygen atoms in total. The third-order valence-electron chi connectivity index (χ3n) is 3.26. The van der Waals surface area contributed by atoms with Crippen LogP contribution in [0.3, 0.4) is 0 Å². The summed E-state index contributed by atoms with van der Waals surface area (Å²) < 4.78 is 0. The van der Waals surface area contributed by atoms with E-state index in [2.05, 4.69) is 26.0 Å². The van der Waals surface area contributed by atoms with E-state index in [-0.39, 0.29) is 40.0 Å². The van der Waals surface area contributed by atoms with Gasteiger partial charge in [0.25, 0.3) is 0 Å². The van der Waals surface area contributed by atoms with Crippen LogP contribution in [0.2, 0.25) is 0 Å². The molecule has 0 N–H and O–H groups in total. The van der Waals surface area contributed by atoms with E-state index in [0.29, 0.717) is 0 Å². The molecule has 110 valence electrons. The van der Waals surface area contributed by atoms with E-state index in [1.807, 2.05) is 0 Å². The van der Waals surface area contributed by atoms with E-state index in [1.54, 1.807) is 0 Å². The van der Waals surface area contributed by atoms with E-state index in [0.717, 1.165) is 6.42 Å². The van der Waals surface area contributed by atoms with Crippen molar-refractivity contribution in [3.63, 3.8) is 0 Å². The maximum absolute atomic E-state index is 3.87. The van der Waals surface area contributed by atoms with Gasteiger partial charge in [0, 0.05) is 0 Å². The van der Waals surface area contributed by atoms with E-state index < -0.39 is 0 Å². The summed E-state index contributed by atoms with van der Waals surface area (Å²) in [5.41, 5.74) is 0. The van der Waals surface area contributed by atoms with Gasteiger partial charge in [0.15, 0.2) is 0 Å². The van der Waals surface area contributed by atoms with Gasteiger partial charge in [-0.1, -0.05) is 76.9 Å². The Bertz CT molecular complexity index is 157. The molecule has 0 fully saturated rings. The summed E-state index contributed by atoms with van der Waals surface area (Å²) in [4.78, 5) is 0. The average Bonchev–Trinajstić information content (AvgIpc) is 2.35. The van der Waals surface area contributed by atoms with Crippen molar-refractivity contribution in [2.24, 2.45) is 0 Å². The van der Waals surface area contributed by atoms with Gasteiger partial charge in [-0.3, -0.25) is 0 Å². The molecule has 0 rings (SSSR count). The van der Waals surface area contributed by atoms with Gasteiger partial charge >= 0.3 is 23.1 Å². The Hall–Kier alpha value is 0.986. The minimum Gasteiger partial charge on any atom is -1.00 e. The summed E-state index contributed by atoms with van der Waals surface area (Å²) >= 11 is 0. The molecule has 0 aliphatic rings. The van der Waals surface area contributed by atoms with Crippen molar-refractivity contribution >= 4 is 23.1 Å². The van der Waals surface area contributed by atoms with Crippen LogP contribution in [-0.2, 0) is 0 Å². The summed E-state index contributed by atoms with van der Waals surface area (Å²) in [5.74, 6) is 0. The molecule has 0 heterocycles. The van der Waals surface area contributed by atoms with Crippen molar-refractivity contribution in [1.82, 2.24) is 0 Å². The number of hydrogen-bond donors (Lipinski definition) is 0. The Kier molecular flexibility index (Phi) is 31.6. The first-order chi connectivity index (χ1) is 8.41. The smallest absolute Gasteiger partial charge is 1.00 e. The maximum Gasteiger partial charge on any atom is 2.00 e. The van der Waals surface area contributed by atoms with Crippen LogP contribution in [0.25, 0.3) is 0 Å². The van der Waals surface area contributed by atoms with Crippen molar-refractivity contribution in [2.45, 2.75) is 90.4 Å². The fourth-order valence-electron chi connectivity index (χ4n) is 2.06. The van der Waals surface area contributed by atoms with E-state index >= 15 is 0 Å². The molecule has 0 saturated heterocycles. The predicted octanol–water partition coefficient (Wildman–Crippen LogP) is 3.09. The normalized spacial score (nSPS) is 10.2. The van der Waals surface area contributed by atoms with Crippen molar-refractivity contribution in [3.8, 4) is 0 Å². The molecule has 0 unspecified atom stereocenters. The number of allylic oxidation sites excluding steroid dienone is 2. The SMILES string of the molecule is [Br-].[CH2-]CCCCCCCCCC/C=C\CCCC.[Mg+2]. The molecule has 0 amide bonds. The third kappa shape index (κ3) is 24.4. The van der Waals surface area contributed by atoms with Crippen molar-refractivity contribution in [3.05, 3.63) is 19.1 Å². The predicted molar refractivity (Wildman–Crippen MR) is 85.9 cm³/mol. The van der Waals surface area contributed by atoms with E-state index in [1.165, 1.54) is 77.0 Å². The zero-order valence-corrected chi connectivity index (χ0v) is 16.1. The van der Waals surface area contributed by atoms with Crippen LogP contribution in [0.5, 0.6) is 0 Å². The first kappa shape index (κ1) is 25.0. The van der Waals surface area contributed by atoms with Crippen molar-refractivity contribution in [1.29, 1.82) is 0 Å². The Labute approximate surface area is 149 Å². The summed E-state index contributed by atoms with van der Waals surface area (Å²) in [5, 5.41) is 0. The van der Waals surface area contributed by atoms with Gasteiger partial charge in [0.05, 0.1) is 0 Å². The van der Waals surface area contributed by atoms with Crippen molar-refractivity contribution in [2.75, 3.05) is 0 Å².